The largest absolute Gasteiger partial charge is 0.482 e. The van der Waals surface area contributed by atoms with Gasteiger partial charge in [0.2, 0.25) is 0 Å². The molecule has 0 radical (unpaired) electrons. The molecule has 1 amide bonds. The van der Waals surface area contributed by atoms with E-state index in [1.165, 1.54) is 44.9 Å². The van der Waals surface area contributed by atoms with E-state index in [-0.39, 0.29) is 12.5 Å². The normalized spacial score (nSPS) is 19.7. The van der Waals surface area contributed by atoms with E-state index < -0.39 is 0 Å². The van der Waals surface area contributed by atoms with Gasteiger partial charge in [-0.1, -0.05) is 32.1 Å². The molecule has 1 fully saturated rings. The van der Waals surface area contributed by atoms with Gasteiger partial charge < -0.3 is 21.1 Å². The number of amides is 1. The highest BCUT2D eigenvalue weighted by Gasteiger charge is 2.19. The number of nitrogens with one attached hydrogen (secondary N) is 2. The van der Waals surface area contributed by atoms with Crippen LogP contribution in [0.3, 0.4) is 0 Å². The van der Waals surface area contributed by atoms with Crippen molar-refractivity contribution in [2.45, 2.75) is 51.0 Å². The minimum absolute atomic E-state index is 0.0574. The van der Waals surface area contributed by atoms with Gasteiger partial charge in [-0.3, -0.25) is 4.79 Å². The molecule has 0 unspecified atom stereocenters. The lowest BCUT2D eigenvalue weighted by atomic mass is 9.96. The van der Waals surface area contributed by atoms with E-state index in [1.54, 1.807) is 6.07 Å². The smallest absolute Gasteiger partial charge is 0.262 e. The fourth-order valence-electron chi connectivity index (χ4n) is 3.09. The van der Waals surface area contributed by atoms with E-state index in [9.17, 15) is 4.79 Å². The Balaban J connectivity index is 1.75. The van der Waals surface area contributed by atoms with E-state index in [4.69, 9.17) is 10.5 Å². The molecule has 1 aliphatic heterocycles. The molecular formula is C16H23N3O2. The van der Waals surface area contributed by atoms with Crippen molar-refractivity contribution in [3.05, 3.63) is 12.1 Å². The first-order chi connectivity index (χ1) is 10.2. The summed E-state index contributed by atoms with van der Waals surface area (Å²) in [6, 6.07) is 4.14. The molecule has 114 valence electrons. The minimum atomic E-state index is -0.121. The predicted octanol–water partition coefficient (Wildman–Crippen LogP) is 3.12. The van der Waals surface area contributed by atoms with Crippen molar-refractivity contribution >= 4 is 23.0 Å². The Hall–Kier alpha value is -1.91. The number of anilines is 3. The summed E-state index contributed by atoms with van der Waals surface area (Å²) in [6.07, 6.45) is 8.89. The summed E-state index contributed by atoms with van der Waals surface area (Å²) in [5.74, 6) is 0.527. The molecule has 1 aromatic carbocycles. The molecule has 5 nitrogen and oxygen atoms in total. The second-order valence-corrected chi connectivity index (χ2v) is 5.96. The fraction of sp³-hybridized carbons (Fsp3) is 0.562. The van der Waals surface area contributed by atoms with Crippen LogP contribution in [0.2, 0.25) is 0 Å². The van der Waals surface area contributed by atoms with Crippen LogP contribution in [0.15, 0.2) is 12.1 Å². The van der Waals surface area contributed by atoms with Crippen molar-refractivity contribution in [1.29, 1.82) is 0 Å². The second kappa shape index (κ2) is 6.24. The van der Waals surface area contributed by atoms with Gasteiger partial charge in [-0.05, 0) is 18.9 Å². The first kappa shape index (κ1) is 14.0. The van der Waals surface area contributed by atoms with Gasteiger partial charge in [0.1, 0.15) is 5.75 Å². The molecular weight excluding hydrogens is 266 g/mol. The lowest BCUT2D eigenvalue weighted by molar-refractivity contribution is -0.118. The van der Waals surface area contributed by atoms with Gasteiger partial charge in [-0.25, -0.2) is 0 Å². The molecule has 1 saturated carbocycles. The number of carbonyl (C=O) groups excluding carboxylic acids is 1. The highest BCUT2D eigenvalue weighted by Crippen LogP contribution is 2.36. The summed E-state index contributed by atoms with van der Waals surface area (Å²) in [5, 5.41) is 6.38. The molecule has 0 spiro atoms. The first-order valence-electron chi connectivity index (χ1n) is 7.85. The third-order valence-corrected chi connectivity index (χ3v) is 4.25. The van der Waals surface area contributed by atoms with Crippen molar-refractivity contribution in [2.24, 2.45) is 0 Å². The van der Waals surface area contributed by atoms with Gasteiger partial charge in [0.05, 0.1) is 17.1 Å². The topological polar surface area (TPSA) is 76.4 Å². The second-order valence-electron chi connectivity index (χ2n) is 5.96. The number of ether oxygens (including phenoxy) is 1. The van der Waals surface area contributed by atoms with Crippen LogP contribution in [-0.2, 0) is 4.79 Å². The maximum atomic E-state index is 11.4. The Kier molecular flexibility index (Phi) is 4.18. The van der Waals surface area contributed by atoms with Crippen molar-refractivity contribution in [3.63, 3.8) is 0 Å². The van der Waals surface area contributed by atoms with Crippen LogP contribution in [0.25, 0.3) is 0 Å². The van der Waals surface area contributed by atoms with Crippen LogP contribution < -0.4 is 21.1 Å². The molecule has 0 atom stereocenters. The van der Waals surface area contributed by atoms with Crippen molar-refractivity contribution in [2.75, 3.05) is 23.0 Å². The molecule has 2 aliphatic rings. The Labute approximate surface area is 125 Å². The van der Waals surface area contributed by atoms with Crippen LogP contribution in [0.5, 0.6) is 5.75 Å². The number of fused-ring (bicyclic) bond motifs is 1. The molecule has 5 heteroatoms. The molecule has 21 heavy (non-hydrogen) atoms. The third-order valence-electron chi connectivity index (χ3n) is 4.25. The highest BCUT2D eigenvalue weighted by molar-refractivity contribution is 5.97. The summed E-state index contributed by atoms with van der Waals surface area (Å²) in [7, 11) is 0. The fourth-order valence-corrected chi connectivity index (χ4v) is 3.09. The number of rotatable bonds is 2. The quantitative estimate of drug-likeness (QED) is 0.731. The zero-order chi connectivity index (χ0) is 14.7. The van der Waals surface area contributed by atoms with E-state index >= 15 is 0 Å². The van der Waals surface area contributed by atoms with Gasteiger partial charge in [0.25, 0.3) is 5.91 Å². The average Bonchev–Trinajstić information content (AvgIpc) is 2.42. The molecule has 1 aromatic rings. The third kappa shape index (κ3) is 3.40. The number of nitrogens with two attached hydrogens (primary N) is 1. The molecule has 0 bridgehead atoms. The number of hydrogen-bond acceptors (Lipinski definition) is 4. The molecule has 0 saturated heterocycles. The van der Waals surface area contributed by atoms with Crippen LogP contribution in [0.4, 0.5) is 17.1 Å². The highest BCUT2D eigenvalue weighted by atomic mass is 16.5. The number of hydrogen-bond donors (Lipinski definition) is 3. The molecule has 1 heterocycles. The SMILES string of the molecule is Nc1cc2c(cc1NC1CCCCCCC1)NC(=O)CO2. The van der Waals surface area contributed by atoms with Gasteiger partial charge >= 0.3 is 0 Å². The number of benzene rings is 1. The van der Waals surface area contributed by atoms with E-state index in [1.807, 2.05) is 6.07 Å². The average molecular weight is 289 g/mol. The Morgan fingerprint density at radius 2 is 1.86 bits per heavy atom. The molecule has 1 aliphatic carbocycles. The van der Waals surface area contributed by atoms with Gasteiger partial charge in [0.15, 0.2) is 6.61 Å². The van der Waals surface area contributed by atoms with Gasteiger partial charge in [-0.15, -0.1) is 0 Å². The number of nitrogen functional groups attached to an aromatic ring is 1. The maximum absolute atomic E-state index is 11.4. The van der Waals surface area contributed by atoms with Crippen LogP contribution in [-0.4, -0.2) is 18.6 Å². The molecule has 3 rings (SSSR count). The lowest BCUT2D eigenvalue weighted by Gasteiger charge is -2.25. The summed E-state index contributed by atoms with van der Waals surface area (Å²) in [4.78, 5) is 11.4. The van der Waals surface area contributed by atoms with Crippen LogP contribution in [0, 0.1) is 0 Å². The standard InChI is InChI=1S/C16H23N3O2/c17-12-8-15-14(19-16(20)10-21-15)9-13(12)18-11-6-4-2-1-3-5-7-11/h8-9,11,18H,1-7,10,17H2,(H,19,20). The van der Waals surface area contributed by atoms with E-state index in [0.717, 1.165) is 5.69 Å². The minimum Gasteiger partial charge on any atom is -0.482 e. The monoisotopic (exact) mass is 289 g/mol. The zero-order valence-electron chi connectivity index (χ0n) is 12.3. The predicted molar refractivity (Wildman–Crippen MR) is 84.7 cm³/mol. The van der Waals surface area contributed by atoms with Crippen molar-refractivity contribution in [3.8, 4) is 5.75 Å². The maximum Gasteiger partial charge on any atom is 0.262 e. The zero-order valence-corrected chi connectivity index (χ0v) is 12.3. The van der Waals surface area contributed by atoms with Gasteiger partial charge in [0, 0.05) is 12.1 Å². The van der Waals surface area contributed by atoms with Gasteiger partial charge in [-0.2, -0.15) is 0 Å². The molecule has 0 aromatic heterocycles. The summed E-state index contributed by atoms with van der Waals surface area (Å²) in [6.45, 7) is 0.0574. The Morgan fingerprint density at radius 1 is 1.14 bits per heavy atom. The summed E-state index contributed by atoms with van der Waals surface area (Å²) < 4.78 is 5.38. The summed E-state index contributed by atoms with van der Waals surface area (Å²) >= 11 is 0. The van der Waals surface area contributed by atoms with Crippen molar-refractivity contribution in [1.82, 2.24) is 0 Å². The summed E-state index contributed by atoms with van der Waals surface area (Å²) in [5.41, 5.74) is 8.38. The van der Waals surface area contributed by atoms with Crippen LogP contribution in [0.1, 0.15) is 44.9 Å². The Morgan fingerprint density at radius 3 is 2.62 bits per heavy atom. The Bertz CT molecular complexity index is 522. The van der Waals surface area contributed by atoms with E-state index in [2.05, 4.69) is 10.6 Å². The van der Waals surface area contributed by atoms with Crippen LogP contribution >= 0.6 is 0 Å². The molecule has 4 N–H and O–H groups in total. The van der Waals surface area contributed by atoms with E-state index in [0.29, 0.717) is 23.2 Å². The first-order valence-corrected chi connectivity index (χ1v) is 7.85. The number of carbonyl (C=O) groups is 1. The van der Waals surface area contributed by atoms with Crippen molar-refractivity contribution < 1.29 is 9.53 Å². The lowest BCUT2D eigenvalue weighted by Crippen LogP contribution is -2.26.